The summed E-state index contributed by atoms with van der Waals surface area (Å²) < 4.78 is 38.5. The predicted molar refractivity (Wildman–Crippen MR) is 63.7 cm³/mol. The van der Waals surface area contributed by atoms with Gasteiger partial charge in [-0.15, -0.1) is 0 Å². The Labute approximate surface area is 105 Å². The van der Waals surface area contributed by atoms with Crippen LogP contribution in [0.4, 0.5) is 13.2 Å². The number of phenolic OH excluding ortho intramolecular Hbond substituents is 1. The van der Waals surface area contributed by atoms with Gasteiger partial charge in [-0.05, 0) is 48.4 Å². The van der Waals surface area contributed by atoms with Gasteiger partial charge in [0.25, 0.3) is 0 Å². The van der Waals surface area contributed by atoms with Crippen molar-refractivity contribution in [1.29, 1.82) is 0 Å². The van der Waals surface area contributed by atoms with Gasteiger partial charge in [0.2, 0.25) is 0 Å². The molecule has 1 fully saturated rings. The Balaban J connectivity index is 2.49. The number of phenols is 1. The minimum atomic E-state index is -4.34. The van der Waals surface area contributed by atoms with Crippen molar-refractivity contribution in [2.45, 2.75) is 51.1 Å². The Morgan fingerprint density at radius 2 is 1.83 bits per heavy atom. The summed E-state index contributed by atoms with van der Waals surface area (Å²) in [7, 11) is 0. The molecule has 1 nitrogen and oxygen atoms in total. The van der Waals surface area contributed by atoms with Crippen LogP contribution in [0.2, 0.25) is 0 Å². The lowest BCUT2D eigenvalue weighted by Gasteiger charge is -2.18. The fraction of sp³-hybridized carbons (Fsp3) is 0.571. The Kier molecular flexibility index (Phi) is 3.55. The molecule has 1 aromatic carbocycles. The van der Waals surface area contributed by atoms with Crippen LogP contribution in [0.25, 0.3) is 0 Å². The SMILES string of the molecule is CCc1cc(C(F)(F)F)cc(C2CCCC2)c1O. The first-order valence-corrected chi connectivity index (χ1v) is 6.36. The molecule has 0 amide bonds. The molecule has 0 saturated heterocycles. The van der Waals surface area contributed by atoms with Gasteiger partial charge in [-0.25, -0.2) is 0 Å². The minimum absolute atomic E-state index is 0.0670. The molecule has 0 atom stereocenters. The molecule has 1 aromatic rings. The molecule has 18 heavy (non-hydrogen) atoms. The highest BCUT2D eigenvalue weighted by Gasteiger charge is 2.33. The summed E-state index contributed by atoms with van der Waals surface area (Å²) >= 11 is 0. The molecule has 0 unspecified atom stereocenters. The van der Waals surface area contributed by atoms with Gasteiger partial charge in [0.1, 0.15) is 5.75 Å². The lowest BCUT2D eigenvalue weighted by atomic mass is 9.91. The first kappa shape index (κ1) is 13.2. The molecule has 0 radical (unpaired) electrons. The lowest BCUT2D eigenvalue weighted by Crippen LogP contribution is -2.08. The molecular formula is C14H17F3O. The first-order chi connectivity index (χ1) is 8.43. The highest BCUT2D eigenvalue weighted by atomic mass is 19.4. The van der Waals surface area contributed by atoms with Crippen molar-refractivity contribution in [3.8, 4) is 5.75 Å². The van der Waals surface area contributed by atoms with Gasteiger partial charge >= 0.3 is 6.18 Å². The molecule has 1 N–H and O–H groups in total. The molecule has 1 aliphatic rings. The van der Waals surface area contributed by atoms with Gasteiger partial charge in [-0.2, -0.15) is 13.2 Å². The molecule has 0 spiro atoms. The van der Waals surface area contributed by atoms with Gasteiger partial charge in [0, 0.05) is 0 Å². The summed E-state index contributed by atoms with van der Waals surface area (Å²) in [4.78, 5) is 0. The zero-order valence-electron chi connectivity index (χ0n) is 10.3. The van der Waals surface area contributed by atoms with E-state index in [1.54, 1.807) is 6.92 Å². The number of benzene rings is 1. The summed E-state index contributed by atoms with van der Waals surface area (Å²) in [5, 5.41) is 10.1. The van der Waals surface area contributed by atoms with E-state index >= 15 is 0 Å². The highest BCUT2D eigenvalue weighted by Crippen LogP contribution is 2.43. The number of halogens is 3. The number of alkyl halides is 3. The van der Waals surface area contributed by atoms with E-state index in [0.29, 0.717) is 17.5 Å². The third-order valence-electron chi connectivity index (χ3n) is 3.72. The van der Waals surface area contributed by atoms with Crippen LogP contribution >= 0.6 is 0 Å². The smallest absolute Gasteiger partial charge is 0.416 e. The topological polar surface area (TPSA) is 20.2 Å². The summed E-state index contributed by atoms with van der Waals surface area (Å²) in [6.07, 6.45) is -0.125. The van der Waals surface area contributed by atoms with Crippen molar-refractivity contribution in [2.75, 3.05) is 0 Å². The molecule has 1 aliphatic carbocycles. The quantitative estimate of drug-likeness (QED) is 0.819. The van der Waals surface area contributed by atoms with E-state index in [-0.39, 0.29) is 11.7 Å². The highest BCUT2D eigenvalue weighted by molar-refractivity contribution is 5.46. The summed E-state index contributed by atoms with van der Waals surface area (Å²) in [6, 6.07) is 2.19. The number of aryl methyl sites for hydroxylation is 1. The third kappa shape index (κ3) is 2.47. The molecule has 2 rings (SSSR count). The molecule has 0 heterocycles. The van der Waals surface area contributed by atoms with Crippen LogP contribution in [0.5, 0.6) is 5.75 Å². The molecule has 4 heteroatoms. The van der Waals surface area contributed by atoms with E-state index in [9.17, 15) is 18.3 Å². The van der Waals surface area contributed by atoms with Crippen molar-refractivity contribution >= 4 is 0 Å². The van der Waals surface area contributed by atoms with Crippen LogP contribution in [-0.4, -0.2) is 5.11 Å². The number of rotatable bonds is 2. The molecule has 0 aliphatic heterocycles. The Morgan fingerprint density at radius 3 is 2.33 bits per heavy atom. The van der Waals surface area contributed by atoms with E-state index in [0.717, 1.165) is 37.8 Å². The van der Waals surface area contributed by atoms with E-state index in [4.69, 9.17) is 0 Å². The average Bonchev–Trinajstić information content (AvgIpc) is 2.81. The van der Waals surface area contributed by atoms with Crippen LogP contribution in [-0.2, 0) is 12.6 Å². The second-order valence-corrected chi connectivity index (χ2v) is 4.91. The third-order valence-corrected chi connectivity index (χ3v) is 3.72. The second kappa shape index (κ2) is 4.82. The van der Waals surface area contributed by atoms with Gasteiger partial charge in [0.05, 0.1) is 5.56 Å². The van der Waals surface area contributed by atoms with Gasteiger partial charge in [-0.3, -0.25) is 0 Å². The van der Waals surface area contributed by atoms with Crippen molar-refractivity contribution in [3.05, 3.63) is 28.8 Å². The van der Waals surface area contributed by atoms with E-state index < -0.39 is 11.7 Å². The number of hydrogen-bond acceptors (Lipinski definition) is 1. The second-order valence-electron chi connectivity index (χ2n) is 4.91. The van der Waals surface area contributed by atoms with Gasteiger partial charge < -0.3 is 5.11 Å². The molecule has 0 bridgehead atoms. The monoisotopic (exact) mass is 258 g/mol. The molecule has 1 saturated carbocycles. The molecule has 100 valence electrons. The van der Waals surface area contributed by atoms with Crippen LogP contribution in [0.15, 0.2) is 12.1 Å². The van der Waals surface area contributed by atoms with Gasteiger partial charge in [-0.1, -0.05) is 19.8 Å². The summed E-state index contributed by atoms with van der Waals surface area (Å²) in [6.45, 7) is 1.76. The van der Waals surface area contributed by atoms with Crippen molar-refractivity contribution < 1.29 is 18.3 Å². The van der Waals surface area contributed by atoms with Crippen LogP contribution in [0.3, 0.4) is 0 Å². The number of aromatic hydroxyl groups is 1. The zero-order chi connectivity index (χ0) is 13.3. The summed E-state index contributed by atoms with van der Waals surface area (Å²) in [5.41, 5.74) is 0.241. The van der Waals surface area contributed by atoms with Crippen molar-refractivity contribution in [2.24, 2.45) is 0 Å². The standard InChI is InChI=1S/C14H17F3O/c1-2-9-7-11(14(15,16)17)8-12(13(9)18)10-5-3-4-6-10/h7-8,10,18H,2-6H2,1H3. The van der Waals surface area contributed by atoms with Crippen LogP contribution < -0.4 is 0 Å². The van der Waals surface area contributed by atoms with Gasteiger partial charge in [0.15, 0.2) is 0 Å². The fourth-order valence-electron chi connectivity index (χ4n) is 2.70. The van der Waals surface area contributed by atoms with Crippen molar-refractivity contribution in [3.63, 3.8) is 0 Å². The summed E-state index contributed by atoms with van der Waals surface area (Å²) in [5.74, 6) is 0.148. The number of hydrogen-bond donors (Lipinski definition) is 1. The Bertz CT molecular complexity index is 431. The minimum Gasteiger partial charge on any atom is -0.507 e. The maximum atomic E-state index is 12.8. The van der Waals surface area contributed by atoms with Crippen LogP contribution in [0, 0.1) is 0 Å². The Hall–Kier alpha value is -1.19. The van der Waals surface area contributed by atoms with E-state index in [1.165, 1.54) is 0 Å². The van der Waals surface area contributed by atoms with E-state index in [2.05, 4.69) is 0 Å². The maximum Gasteiger partial charge on any atom is 0.416 e. The lowest BCUT2D eigenvalue weighted by molar-refractivity contribution is -0.137. The van der Waals surface area contributed by atoms with E-state index in [1.807, 2.05) is 0 Å². The normalized spacial score (nSPS) is 17.3. The fourth-order valence-corrected chi connectivity index (χ4v) is 2.70. The molecule has 0 aromatic heterocycles. The Morgan fingerprint density at radius 1 is 1.22 bits per heavy atom. The first-order valence-electron chi connectivity index (χ1n) is 6.36. The zero-order valence-corrected chi connectivity index (χ0v) is 10.3. The molecular weight excluding hydrogens is 241 g/mol. The largest absolute Gasteiger partial charge is 0.507 e. The maximum absolute atomic E-state index is 12.8. The van der Waals surface area contributed by atoms with Crippen molar-refractivity contribution in [1.82, 2.24) is 0 Å². The predicted octanol–water partition coefficient (Wildman–Crippen LogP) is 4.63. The average molecular weight is 258 g/mol. The van der Waals surface area contributed by atoms with Crippen LogP contribution in [0.1, 0.15) is 55.2 Å².